The summed E-state index contributed by atoms with van der Waals surface area (Å²) in [5.74, 6) is -1.44. The Morgan fingerprint density at radius 2 is 1.82 bits per heavy atom. The molecule has 1 aromatic carbocycles. The standard InChI is InChI=1S/C30H28ClF3N4O2/c1-16(11-19-9-10-35-24(13-19)28(33)34)22-12-18(3)38(30(40)26(22)31)25-14-23(36-15-17(25)2)20-7-6-8-21(27(20)32)29(39)37(4)5/h6-10,12-16,28H,11H2,1-5H3. The maximum atomic E-state index is 15.4. The largest absolute Gasteiger partial charge is 0.345 e. The molecule has 1 unspecified atom stereocenters. The van der Waals surface area contributed by atoms with Crippen molar-refractivity contribution in [3.8, 4) is 16.9 Å². The van der Waals surface area contributed by atoms with Gasteiger partial charge < -0.3 is 4.90 Å². The number of hydrogen-bond acceptors (Lipinski definition) is 4. The first-order chi connectivity index (χ1) is 18.9. The Kier molecular flexibility index (Phi) is 8.44. The van der Waals surface area contributed by atoms with Crippen LogP contribution in [0.3, 0.4) is 0 Å². The van der Waals surface area contributed by atoms with Crippen LogP contribution in [-0.4, -0.2) is 39.4 Å². The Labute approximate surface area is 235 Å². The number of hydrogen-bond donors (Lipinski definition) is 0. The van der Waals surface area contributed by atoms with Crippen molar-refractivity contribution in [2.45, 2.75) is 39.5 Å². The van der Waals surface area contributed by atoms with E-state index in [2.05, 4.69) is 9.97 Å². The molecule has 0 aliphatic carbocycles. The van der Waals surface area contributed by atoms with Gasteiger partial charge in [-0.05, 0) is 79.3 Å². The van der Waals surface area contributed by atoms with Gasteiger partial charge in [0.25, 0.3) is 17.9 Å². The smallest absolute Gasteiger partial charge is 0.280 e. The molecule has 0 N–H and O–H groups in total. The molecule has 0 fully saturated rings. The van der Waals surface area contributed by atoms with Crippen molar-refractivity contribution in [3.05, 3.63) is 110 Å². The van der Waals surface area contributed by atoms with Crippen LogP contribution in [0.5, 0.6) is 0 Å². The maximum absolute atomic E-state index is 15.4. The Morgan fingerprint density at radius 3 is 2.50 bits per heavy atom. The molecular formula is C30H28ClF3N4O2. The molecule has 1 atom stereocenters. The second-order valence-corrected chi connectivity index (χ2v) is 10.3. The summed E-state index contributed by atoms with van der Waals surface area (Å²) >= 11 is 6.60. The lowest BCUT2D eigenvalue weighted by molar-refractivity contribution is 0.0823. The normalized spacial score (nSPS) is 12.1. The summed E-state index contributed by atoms with van der Waals surface area (Å²) in [6.45, 7) is 5.40. The number of pyridine rings is 3. The average molecular weight is 569 g/mol. The molecule has 0 saturated carbocycles. The summed E-state index contributed by atoms with van der Waals surface area (Å²) in [6, 6.07) is 10.9. The lowest BCUT2D eigenvalue weighted by Gasteiger charge is -2.20. The number of benzene rings is 1. The summed E-state index contributed by atoms with van der Waals surface area (Å²) in [4.78, 5) is 35.4. The van der Waals surface area contributed by atoms with Gasteiger partial charge in [-0.25, -0.2) is 13.2 Å². The first-order valence-electron chi connectivity index (χ1n) is 12.5. The van der Waals surface area contributed by atoms with E-state index in [1.54, 1.807) is 38.1 Å². The molecular weight excluding hydrogens is 541 g/mol. The van der Waals surface area contributed by atoms with Crippen molar-refractivity contribution in [3.63, 3.8) is 0 Å². The number of nitrogens with zero attached hydrogens (tertiary/aromatic N) is 4. The first-order valence-corrected chi connectivity index (χ1v) is 12.9. The topological polar surface area (TPSA) is 68.1 Å². The van der Waals surface area contributed by atoms with Crippen molar-refractivity contribution in [1.82, 2.24) is 19.4 Å². The minimum atomic E-state index is -2.68. The van der Waals surface area contributed by atoms with E-state index in [1.807, 2.05) is 6.92 Å². The van der Waals surface area contributed by atoms with Crippen LogP contribution < -0.4 is 5.56 Å². The summed E-state index contributed by atoms with van der Waals surface area (Å²) in [7, 11) is 3.08. The van der Waals surface area contributed by atoms with Crippen molar-refractivity contribution in [1.29, 1.82) is 0 Å². The predicted octanol–water partition coefficient (Wildman–Crippen LogP) is 6.69. The Bertz CT molecular complexity index is 1650. The summed E-state index contributed by atoms with van der Waals surface area (Å²) in [6.07, 6.45) is 0.575. The summed E-state index contributed by atoms with van der Waals surface area (Å²) in [5.41, 5.74) is 2.45. The molecule has 3 aromatic heterocycles. The fraction of sp³-hybridized carbons (Fsp3) is 0.267. The van der Waals surface area contributed by atoms with Crippen LogP contribution in [0, 0.1) is 19.7 Å². The molecule has 0 bridgehead atoms. The van der Waals surface area contributed by atoms with Crippen LogP contribution in [0.4, 0.5) is 13.2 Å². The van der Waals surface area contributed by atoms with Crippen LogP contribution in [0.15, 0.2) is 59.7 Å². The van der Waals surface area contributed by atoms with Crippen molar-refractivity contribution < 1.29 is 18.0 Å². The molecule has 1 amide bonds. The van der Waals surface area contributed by atoms with Crippen LogP contribution in [0.25, 0.3) is 16.9 Å². The third-order valence-electron chi connectivity index (χ3n) is 6.73. The number of carbonyl (C=O) groups excluding carboxylic acids is 1. The molecule has 10 heteroatoms. The molecule has 0 saturated heterocycles. The molecule has 0 spiro atoms. The Morgan fingerprint density at radius 1 is 1.10 bits per heavy atom. The second kappa shape index (κ2) is 11.6. The molecule has 40 heavy (non-hydrogen) atoms. The number of alkyl halides is 2. The molecule has 4 rings (SSSR count). The van der Waals surface area contributed by atoms with Gasteiger partial charge in [-0.2, -0.15) is 0 Å². The fourth-order valence-corrected chi connectivity index (χ4v) is 4.96. The van der Waals surface area contributed by atoms with E-state index < -0.39 is 23.7 Å². The minimum Gasteiger partial charge on any atom is -0.345 e. The van der Waals surface area contributed by atoms with Crippen LogP contribution in [0.2, 0.25) is 5.02 Å². The van der Waals surface area contributed by atoms with E-state index in [0.717, 1.165) is 0 Å². The SMILES string of the molecule is Cc1cnc(-c2cccc(C(=O)N(C)C)c2F)cc1-n1c(C)cc(C(C)Cc2ccnc(C(F)F)c2)c(Cl)c1=O. The third-order valence-corrected chi connectivity index (χ3v) is 7.11. The highest BCUT2D eigenvalue weighted by Gasteiger charge is 2.22. The van der Waals surface area contributed by atoms with Gasteiger partial charge in [-0.3, -0.25) is 24.1 Å². The van der Waals surface area contributed by atoms with Crippen LogP contribution in [0.1, 0.15) is 57.7 Å². The van der Waals surface area contributed by atoms with E-state index in [4.69, 9.17) is 11.6 Å². The number of amides is 1. The van der Waals surface area contributed by atoms with Crippen molar-refractivity contribution >= 4 is 17.5 Å². The monoisotopic (exact) mass is 568 g/mol. The first kappa shape index (κ1) is 29.0. The zero-order valence-corrected chi connectivity index (χ0v) is 23.4. The van der Waals surface area contributed by atoms with E-state index in [1.165, 1.54) is 54.2 Å². The fourth-order valence-electron chi connectivity index (χ4n) is 4.63. The van der Waals surface area contributed by atoms with Gasteiger partial charge in [0.15, 0.2) is 0 Å². The maximum Gasteiger partial charge on any atom is 0.280 e. The molecule has 0 aliphatic heterocycles. The highest BCUT2D eigenvalue weighted by molar-refractivity contribution is 6.31. The average Bonchev–Trinajstić information content (AvgIpc) is 2.91. The Balaban J connectivity index is 1.75. The molecule has 208 valence electrons. The number of carbonyl (C=O) groups is 1. The van der Waals surface area contributed by atoms with E-state index in [9.17, 15) is 18.4 Å². The van der Waals surface area contributed by atoms with E-state index in [0.29, 0.717) is 34.5 Å². The van der Waals surface area contributed by atoms with Gasteiger partial charge in [0, 0.05) is 37.7 Å². The van der Waals surface area contributed by atoms with Crippen molar-refractivity contribution in [2.24, 2.45) is 0 Å². The van der Waals surface area contributed by atoms with Gasteiger partial charge in [0.1, 0.15) is 16.5 Å². The van der Waals surface area contributed by atoms with Crippen molar-refractivity contribution in [2.75, 3.05) is 14.1 Å². The quantitative estimate of drug-likeness (QED) is 0.249. The molecule has 0 radical (unpaired) electrons. The Hall–Kier alpha value is -3.98. The number of rotatable bonds is 7. The zero-order valence-electron chi connectivity index (χ0n) is 22.7. The minimum absolute atomic E-state index is 0.00348. The number of aromatic nitrogens is 3. The predicted molar refractivity (Wildman–Crippen MR) is 149 cm³/mol. The number of aryl methyl sites for hydroxylation is 2. The molecule has 6 nitrogen and oxygen atoms in total. The highest BCUT2D eigenvalue weighted by Crippen LogP contribution is 2.30. The zero-order chi connectivity index (χ0) is 29.3. The lowest BCUT2D eigenvalue weighted by Crippen LogP contribution is -2.24. The lowest BCUT2D eigenvalue weighted by atomic mass is 9.93. The van der Waals surface area contributed by atoms with Crippen LogP contribution in [-0.2, 0) is 6.42 Å². The van der Waals surface area contributed by atoms with Gasteiger partial charge in [0.05, 0.1) is 16.9 Å². The van der Waals surface area contributed by atoms with E-state index in [-0.39, 0.29) is 33.5 Å². The second-order valence-electron chi connectivity index (χ2n) is 9.91. The summed E-state index contributed by atoms with van der Waals surface area (Å²) < 4.78 is 43.0. The molecule has 0 aliphatic rings. The van der Waals surface area contributed by atoms with Crippen LogP contribution >= 0.6 is 11.6 Å². The van der Waals surface area contributed by atoms with Gasteiger partial charge in [0.2, 0.25) is 0 Å². The summed E-state index contributed by atoms with van der Waals surface area (Å²) in [5, 5.41) is 0.00348. The van der Waals surface area contributed by atoms with Gasteiger partial charge in [-0.15, -0.1) is 0 Å². The van der Waals surface area contributed by atoms with Gasteiger partial charge in [-0.1, -0.05) is 24.6 Å². The van der Waals surface area contributed by atoms with Gasteiger partial charge >= 0.3 is 0 Å². The number of halogens is 4. The van der Waals surface area contributed by atoms with E-state index >= 15 is 4.39 Å². The molecule has 3 heterocycles. The third kappa shape index (κ3) is 5.65. The molecule has 4 aromatic rings. The highest BCUT2D eigenvalue weighted by atomic mass is 35.5.